The third-order valence-corrected chi connectivity index (χ3v) is 8.52. The van der Waals surface area contributed by atoms with Crippen LogP contribution >= 0.6 is 11.6 Å². The summed E-state index contributed by atoms with van der Waals surface area (Å²) >= 11 is 6.03. The van der Waals surface area contributed by atoms with Crippen LogP contribution in [0.5, 0.6) is 11.5 Å². The molecule has 2 aromatic carbocycles. The Morgan fingerprint density at radius 2 is 1.77 bits per heavy atom. The molecule has 0 radical (unpaired) electrons. The van der Waals surface area contributed by atoms with Gasteiger partial charge < -0.3 is 9.84 Å². The van der Waals surface area contributed by atoms with Gasteiger partial charge >= 0.3 is 0 Å². The molecule has 8 heteroatoms. The molecule has 1 fully saturated rings. The number of carbonyl (C=O) groups excluding carboxylic acids is 4. The predicted octanol–water partition coefficient (Wildman–Crippen LogP) is 5.08. The van der Waals surface area contributed by atoms with E-state index in [1.807, 2.05) is 6.08 Å². The van der Waals surface area contributed by atoms with Gasteiger partial charge in [-0.1, -0.05) is 29.3 Å². The van der Waals surface area contributed by atoms with Gasteiger partial charge in [0.2, 0.25) is 11.8 Å². The molecule has 0 saturated carbocycles. The van der Waals surface area contributed by atoms with Crippen LogP contribution in [0.4, 0.5) is 5.69 Å². The first-order valence-electron chi connectivity index (χ1n) is 13.0. The second kappa shape index (κ2) is 9.35. The fourth-order valence-corrected chi connectivity index (χ4v) is 6.71. The summed E-state index contributed by atoms with van der Waals surface area (Å²) in [5.41, 5.74) is 3.12. The van der Waals surface area contributed by atoms with Gasteiger partial charge in [0.1, 0.15) is 0 Å². The Labute approximate surface area is 230 Å². The number of amides is 2. The van der Waals surface area contributed by atoms with E-state index in [1.165, 1.54) is 17.0 Å². The molecule has 3 aliphatic carbocycles. The van der Waals surface area contributed by atoms with Crippen LogP contribution in [-0.4, -0.2) is 35.1 Å². The van der Waals surface area contributed by atoms with Crippen molar-refractivity contribution in [2.45, 2.75) is 32.6 Å². The highest BCUT2D eigenvalue weighted by Crippen LogP contribution is 2.55. The maximum atomic E-state index is 13.9. The predicted molar refractivity (Wildman–Crippen MR) is 145 cm³/mol. The fourth-order valence-electron chi connectivity index (χ4n) is 6.59. The van der Waals surface area contributed by atoms with Crippen LogP contribution in [0.15, 0.2) is 76.9 Å². The zero-order valence-corrected chi connectivity index (χ0v) is 22.2. The Hall–Kier alpha value is -3.97. The molecule has 0 bridgehead atoms. The minimum absolute atomic E-state index is 0.0307. The molecule has 4 aliphatic rings. The first-order valence-corrected chi connectivity index (χ1v) is 13.4. The van der Waals surface area contributed by atoms with Gasteiger partial charge in [-0.05, 0) is 80.6 Å². The summed E-state index contributed by atoms with van der Waals surface area (Å²) in [6.45, 7) is 3.76. The Balaban J connectivity index is 1.48. The van der Waals surface area contributed by atoms with Crippen LogP contribution in [0.25, 0.3) is 0 Å². The van der Waals surface area contributed by atoms with Crippen molar-refractivity contribution < 1.29 is 29.0 Å². The maximum absolute atomic E-state index is 13.9. The van der Waals surface area contributed by atoms with Crippen molar-refractivity contribution in [1.29, 1.82) is 0 Å². The summed E-state index contributed by atoms with van der Waals surface area (Å²) < 4.78 is 5.61. The summed E-state index contributed by atoms with van der Waals surface area (Å²) in [6.07, 6.45) is 3.89. The number of hydrogen-bond acceptors (Lipinski definition) is 6. The number of hydrogen-bond donors (Lipinski definition) is 1. The maximum Gasteiger partial charge on any atom is 0.238 e. The number of carbonyl (C=O) groups is 4. The summed E-state index contributed by atoms with van der Waals surface area (Å²) in [5.74, 6) is -3.06. The number of ketones is 2. The third-order valence-electron chi connectivity index (χ3n) is 8.26. The molecule has 0 unspecified atom stereocenters. The number of nitrogens with zero attached hydrogens (tertiary/aromatic N) is 1. The van der Waals surface area contributed by atoms with Crippen LogP contribution in [0.2, 0.25) is 5.02 Å². The molecule has 4 atom stereocenters. The van der Waals surface area contributed by atoms with Crippen molar-refractivity contribution >= 4 is 40.7 Å². The second-order valence-electron chi connectivity index (χ2n) is 10.4. The number of fused-ring (bicyclic) bond motifs is 3. The van der Waals surface area contributed by atoms with E-state index in [2.05, 4.69) is 0 Å². The van der Waals surface area contributed by atoms with E-state index in [4.69, 9.17) is 16.3 Å². The monoisotopic (exact) mass is 543 g/mol. The zero-order valence-electron chi connectivity index (χ0n) is 21.4. The molecule has 1 saturated heterocycles. The molecule has 0 aromatic heterocycles. The second-order valence-corrected chi connectivity index (χ2v) is 10.8. The Kier molecular flexibility index (Phi) is 6.07. The fraction of sp³-hybridized carbons (Fsp3) is 0.290. The Bertz CT molecular complexity index is 1550. The number of allylic oxidation sites excluding steroid dienone is 6. The molecule has 1 aliphatic heterocycles. The minimum atomic E-state index is -0.665. The first kappa shape index (κ1) is 25.3. The lowest BCUT2D eigenvalue weighted by Gasteiger charge is -2.42. The van der Waals surface area contributed by atoms with Gasteiger partial charge in [-0.25, -0.2) is 0 Å². The lowest BCUT2D eigenvalue weighted by atomic mass is 9.59. The number of ether oxygens (including phenoxy) is 1. The number of phenols is 1. The molecule has 6 rings (SSSR count). The van der Waals surface area contributed by atoms with E-state index in [9.17, 15) is 24.3 Å². The average Bonchev–Trinajstić information content (AvgIpc) is 3.18. The number of Topliss-reactive ketones (excluding diaryl/α,β-unsaturated/α-hetero) is 1. The average molecular weight is 544 g/mol. The van der Waals surface area contributed by atoms with Crippen LogP contribution in [0, 0.1) is 17.8 Å². The van der Waals surface area contributed by atoms with Crippen molar-refractivity contribution in [3.8, 4) is 11.5 Å². The number of rotatable bonds is 4. The lowest BCUT2D eigenvalue weighted by Crippen LogP contribution is -2.39. The van der Waals surface area contributed by atoms with Gasteiger partial charge in [0.15, 0.2) is 23.1 Å². The van der Waals surface area contributed by atoms with Crippen molar-refractivity contribution in [2.75, 3.05) is 11.5 Å². The van der Waals surface area contributed by atoms with Crippen LogP contribution in [-0.2, 0) is 19.2 Å². The quantitative estimate of drug-likeness (QED) is 0.328. The first-order chi connectivity index (χ1) is 18.7. The number of benzene rings is 2. The number of anilines is 1. The molecule has 7 nitrogen and oxygen atoms in total. The molecule has 39 heavy (non-hydrogen) atoms. The van der Waals surface area contributed by atoms with Gasteiger partial charge in [-0.3, -0.25) is 24.1 Å². The molecular weight excluding hydrogens is 518 g/mol. The van der Waals surface area contributed by atoms with E-state index in [-0.39, 0.29) is 41.3 Å². The number of aromatic hydroxyl groups is 1. The van der Waals surface area contributed by atoms with Crippen LogP contribution < -0.4 is 9.64 Å². The Morgan fingerprint density at radius 3 is 2.49 bits per heavy atom. The molecule has 1 N–H and O–H groups in total. The van der Waals surface area contributed by atoms with Crippen LogP contribution in [0.1, 0.15) is 38.2 Å². The van der Waals surface area contributed by atoms with Gasteiger partial charge in [0.25, 0.3) is 0 Å². The summed E-state index contributed by atoms with van der Waals surface area (Å²) in [6, 6.07) is 11.5. The third kappa shape index (κ3) is 3.87. The van der Waals surface area contributed by atoms with Gasteiger partial charge in [0, 0.05) is 27.7 Å². The molecule has 2 amide bonds. The molecule has 198 valence electrons. The lowest BCUT2D eigenvalue weighted by molar-refractivity contribution is -0.123. The minimum Gasteiger partial charge on any atom is -0.504 e. The molecule has 0 spiro atoms. The van der Waals surface area contributed by atoms with Gasteiger partial charge in [-0.2, -0.15) is 0 Å². The normalized spacial score (nSPS) is 26.2. The highest BCUT2D eigenvalue weighted by atomic mass is 35.5. The summed E-state index contributed by atoms with van der Waals surface area (Å²) in [5, 5.41) is 10.8. The van der Waals surface area contributed by atoms with Crippen molar-refractivity contribution in [3.63, 3.8) is 0 Å². The number of halogens is 1. The number of phenolic OH excluding ortho intramolecular Hbond substituents is 1. The number of imide groups is 1. The zero-order chi connectivity index (χ0) is 27.6. The van der Waals surface area contributed by atoms with Gasteiger partial charge in [0.05, 0.1) is 24.1 Å². The van der Waals surface area contributed by atoms with E-state index in [0.29, 0.717) is 46.0 Å². The van der Waals surface area contributed by atoms with Crippen molar-refractivity contribution in [3.05, 3.63) is 87.5 Å². The highest BCUT2D eigenvalue weighted by Gasteiger charge is 2.56. The van der Waals surface area contributed by atoms with Crippen molar-refractivity contribution in [1.82, 2.24) is 0 Å². The summed E-state index contributed by atoms with van der Waals surface area (Å²) in [4.78, 5) is 55.4. The van der Waals surface area contributed by atoms with E-state index < -0.39 is 23.7 Å². The smallest absolute Gasteiger partial charge is 0.238 e. The van der Waals surface area contributed by atoms with E-state index in [0.717, 1.165) is 5.57 Å². The molecular formula is C31H26ClNO6. The van der Waals surface area contributed by atoms with Crippen molar-refractivity contribution in [2.24, 2.45) is 17.8 Å². The highest BCUT2D eigenvalue weighted by molar-refractivity contribution is 6.31. The van der Waals surface area contributed by atoms with E-state index in [1.54, 1.807) is 50.2 Å². The molecule has 1 heterocycles. The standard InChI is InChI=1S/C31H26ClNO6/c1-3-39-25-13-16(4-11-23(25)34)26-19-9-10-20-27(21(19)14-22-28(26)24(35)12-15(2)29(22)36)31(38)33(30(20)37)18-7-5-17(32)6-8-18/h4-9,11-13,20-21,26-27,34H,3,10,14H2,1-2H3/t20-,21+,26-,27-/m0/s1. The largest absolute Gasteiger partial charge is 0.504 e. The SMILES string of the molecule is CCOc1cc([C@H]2C3=CC[C@@H]4C(=O)N(c5ccc(Cl)cc5)C(=O)[C@@H]4[C@@H]3CC3=C2C(=O)C=C(C)C3=O)ccc1O. The topological polar surface area (TPSA) is 101 Å². The van der Waals surface area contributed by atoms with Crippen LogP contribution in [0.3, 0.4) is 0 Å². The van der Waals surface area contributed by atoms with Gasteiger partial charge in [-0.15, -0.1) is 0 Å². The van der Waals surface area contributed by atoms with E-state index >= 15 is 0 Å². The molecule has 2 aromatic rings. The summed E-state index contributed by atoms with van der Waals surface area (Å²) in [7, 11) is 0. The Morgan fingerprint density at radius 1 is 1.03 bits per heavy atom.